The number of para-hydroxylation sites is 1. The van der Waals surface area contributed by atoms with Crippen molar-refractivity contribution in [2.24, 2.45) is 0 Å². The minimum absolute atomic E-state index is 0.0395. The summed E-state index contributed by atoms with van der Waals surface area (Å²) in [6.07, 6.45) is 1.52. The predicted octanol–water partition coefficient (Wildman–Crippen LogP) is 4.05. The molecule has 0 radical (unpaired) electrons. The minimum Gasteiger partial charge on any atom is -0.454 e. The molecule has 2 heterocycles. The van der Waals surface area contributed by atoms with Crippen LogP contribution in [-0.2, 0) is 10.2 Å². The topological polar surface area (TPSA) is 73.6 Å². The Morgan fingerprint density at radius 3 is 2.70 bits per heavy atom. The molecule has 0 atom stereocenters. The Morgan fingerprint density at radius 1 is 1.07 bits per heavy atom. The molecule has 0 saturated heterocycles. The first kappa shape index (κ1) is 15.9. The van der Waals surface area contributed by atoms with Crippen LogP contribution in [0.2, 0.25) is 0 Å². The summed E-state index contributed by atoms with van der Waals surface area (Å²) in [6, 6.07) is 15.2. The number of nitrogens with zero attached hydrogens (tertiary/aromatic N) is 1. The maximum absolute atomic E-state index is 12.9. The first-order valence-corrected chi connectivity index (χ1v) is 8.90. The molecule has 3 aromatic rings. The van der Waals surface area contributed by atoms with Gasteiger partial charge in [-0.2, -0.15) is 0 Å². The maximum Gasteiger partial charge on any atom is 0.236 e. The summed E-state index contributed by atoms with van der Waals surface area (Å²) in [5.74, 6) is 1.97. The number of aryl methyl sites for hydroxylation is 1. The monoisotopic (exact) mass is 362 g/mol. The zero-order chi connectivity index (χ0) is 18.4. The second kappa shape index (κ2) is 5.87. The van der Waals surface area contributed by atoms with E-state index in [1.165, 1.54) is 0 Å². The summed E-state index contributed by atoms with van der Waals surface area (Å²) in [6.45, 7) is 2.20. The molecular formula is C21H18N2O4. The second-order valence-electron chi connectivity index (χ2n) is 7.00. The Bertz CT molecular complexity index is 1040. The molecule has 0 unspecified atom stereocenters. The minimum atomic E-state index is -0.611. The number of hydrogen-bond donors (Lipinski definition) is 1. The Balaban J connectivity index is 1.40. The van der Waals surface area contributed by atoms with Crippen molar-refractivity contribution in [3.05, 3.63) is 59.8 Å². The van der Waals surface area contributed by atoms with Gasteiger partial charge in [0.05, 0.1) is 11.1 Å². The zero-order valence-electron chi connectivity index (χ0n) is 14.8. The molecule has 27 heavy (non-hydrogen) atoms. The number of carbonyl (C=O) groups is 1. The van der Waals surface area contributed by atoms with Gasteiger partial charge in [0.25, 0.3) is 0 Å². The third kappa shape index (κ3) is 2.65. The molecule has 1 aliphatic carbocycles. The lowest BCUT2D eigenvalue weighted by Crippen LogP contribution is -2.28. The summed E-state index contributed by atoms with van der Waals surface area (Å²) in [5, 5.41) is 7.23. The fourth-order valence-electron chi connectivity index (χ4n) is 3.37. The van der Waals surface area contributed by atoms with Crippen molar-refractivity contribution in [1.29, 1.82) is 0 Å². The number of hydrogen-bond acceptors (Lipinski definition) is 5. The van der Waals surface area contributed by atoms with Gasteiger partial charge in [0.1, 0.15) is 0 Å². The van der Waals surface area contributed by atoms with E-state index < -0.39 is 5.41 Å². The van der Waals surface area contributed by atoms with Gasteiger partial charge >= 0.3 is 0 Å². The number of benzene rings is 2. The fraction of sp³-hybridized carbons (Fsp3) is 0.238. The van der Waals surface area contributed by atoms with Crippen LogP contribution < -0.4 is 14.8 Å². The van der Waals surface area contributed by atoms with E-state index in [1.807, 2.05) is 55.5 Å². The molecule has 5 rings (SSSR count). The van der Waals surface area contributed by atoms with E-state index in [0.717, 1.165) is 35.4 Å². The Hall–Kier alpha value is -3.28. The molecule has 136 valence electrons. The number of rotatable bonds is 4. The molecule has 1 aliphatic heterocycles. The molecule has 1 N–H and O–H groups in total. The lowest BCUT2D eigenvalue weighted by molar-refractivity contribution is -0.118. The first-order valence-electron chi connectivity index (χ1n) is 8.90. The molecule has 2 aliphatic rings. The quantitative estimate of drug-likeness (QED) is 0.758. The summed E-state index contributed by atoms with van der Waals surface area (Å²) < 4.78 is 16.3. The summed E-state index contributed by atoms with van der Waals surface area (Å²) in [7, 11) is 0. The van der Waals surface area contributed by atoms with Crippen molar-refractivity contribution < 1.29 is 18.8 Å². The molecule has 0 bridgehead atoms. The van der Waals surface area contributed by atoms with Crippen LogP contribution in [0.3, 0.4) is 0 Å². The van der Waals surface area contributed by atoms with Crippen LogP contribution in [-0.4, -0.2) is 17.9 Å². The number of amides is 1. The van der Waals surface area contributed by atoms with Gasteiger partial charge in [0.15, 0.2) is 17.3 Å². The second-order valence-corrected chi connectivity index (χ2v) is 7.00. The van der Waals surface area contributed by atoms with E-state index in [0.29, 0.717) is 17.2 Å². The van der Waals surface area contributed by atoms with Gasteiger partial charge < -0.3 is 19.3 Å². The van der Waals surface area contributed by atoms with E-state index in [2.05, 4.69) is 10.5 Å². The molecule has 1 aromatic heterocycles. The summed E-state index contributed by atoms with van der Waals surface area (Å²) >= 11 is 0. The number of fused-ring (bicyclic) bond motifs is 1. The smallest absolute Gasteiger partial charge is 0.236 e. The average molecular weight is 362 g/mol. The lowest BCUT2D eigenvalue weighted by atomic mass is 10.00. The molecule has 2 aromatic carbocycles. The van der Waals surface area contributed by atoms with Crippen molar-refractivity contribution in [2.75, 3.05) is 12.1 Å². The van der Waals surface area contributed by atoms with E-state index in [-0.39, 0.29) is 12.7 Å². The SMILES string of the molecule is Cc1ccccc1NC(=O)C1(c2cc(-c3ccc4c(c3)OCO4)on2)CC1. The average Bonchev–Trinajstić information content (AvgIpc) is 3.13. The fourth-order valence-corrected chi connectivity index (χ4v) is 3.37. The zero-order valence-corrected chi connectivity index (χ0v) is 14.8. The van der Waals surface area contributed by atoms with Crippen molar-refractivity contribution in [1.82, 2.24) is 5.16 Å². The van der Waals surface area contributed by atoms with Crippen LogP contribution >= 0.6 is 0 Å². The molecule has 1 saturated carbocycles. The van der Waals surface area contributed by atoms with Crippen molar-refractivity contribution in [2.45, 2.75) is 25.2 Å². The highest BCUT2D eigenvalue weighted by atomic mass is 16.7. The van der Waals surface area contributed by atoms with Gasteiger partial charge in [0.2, 0.25) is 12.7 Å². The van der Waals surface area contributed by atoms with Gasteiger partial charge in [-0.05, 0) is 49.6 Å². The van der Waals surface area contributed by atoms with E-state index >= 15 is 0 Å². The number of nitrogens with one attached hydrogen (secondary N) is 1. The Morgan fingerprint density at radius 2 is 1.89 bits per heavy atom. The Labute approximate surface area is 156 Å². The lowest BCUT2D eigenvalue weighted by Gasteiger charge is -2.13. The highest BCUT2D eigenvalue weighted by Crippen LogP contribution is 2.49. The predicted molar refractivity (Wildman–Crippen MR) is 98.8 cm³/mol. The molecular weight excluding hydrogens is 344 g/mol. The highest BCUT2D eigenvalue weighted by Gasteiger charge is 2.54. The van der Waals surface area contributed by atoms with Gasteiger partial charge in [-0.3, -0.25) is 4.79 Å². The highest BCUT2D eigenvalue weighted by molar-refractivity contribution is 6.01. The number of anilines is 1. The van der Waals surface area contributed by atoms with E-state index in [4.69, 9.17) is 14.0 Å². The Kier molecular flexibility index (Phi) is 3.47. The van der Waals surface area contributed by atoms with Crippen LogP contribution in [0.25, 0.3) is 11.3 Å². The third-order valence-electron chi connectivity index (χ3n) is 5.24. The molecule has 1 amide bonds. The normalized spacial score (nSPS) is 16.2. The van der Waals surface area contributed by atoms with Gasteiger partial charge in [-0.1, -0.05) is 23.4 Å². The molecule has 0 spiro atoms. The van der Waals surface area contributed by atoms with Gasteiger partial charge in [0, 0.05) is 17.3 Å². The molecule has 1 fully saturated rings. The summed E-state index contributed by atoms with van der Waals surface area (Å²) in [4.78, 5) is 12.9. The van der Waals surface area contributed by atoms with Crippen molar-refractivity contribution >= 4 is 11.6 Å². The van der Waals surface area contributed by atoms with E-state index in [9.17, 15) is 4.79 Å². The van der Waals surface area contributed by atoms with Crippen LogP contribution in [0.1, 0.15) is 24.1 Å². The van der Waals surface area contributed by atoms with Crippen LogP contribution in [0.15, 0.2) is 53.1 Å². The third-order valence-corrected chi connectivity index (χ3v) is 5.24. The maximum atomic E-state index is 12.9. The van der Waals surface area contributed by atoms with E-state index in [1.54, 1.807) is 0 Å². The number of carbonyl (C=O) groups excluding carboxylic acids is 1. The number of aromatic nitrogens is 1. The van der Waals surface area contributed by atoms with Crippen molar-refractivity contribution in [3.63, 3.8) is 0 Å². The summed E-state index contributed by atoms with van der Waals surface area (Å²) in [5.41, 5.74) is 2.76. The molecule has 6 heteroatoms. The molecule has 6 nitrogen and oxygen atoms in total. The van der Waals surface area contributed by atoms with Gasteiger partial charge in [-0.15, -0.1) is 0 Å². The van der Waals surface area contributed by atoms with Crippen LogP contribution in [0.4, 0.5) is 5.69 Å². The largest absolute Gasteiger partial charge is 0.454 e. The van der Waals surface area contributed by atoms with Crippen LogP contribution in [0, 0.1) is 6.92 Å². The standard InChI is InChI=1S/C21H18N2O4/c1-13-4-2-3-5-15(13)22-20(24)21(8-9-21)19-11-17(27-23-19)14-6-7-16-18(10-14)26-12-25-16/h2-7,10-11H,8-9,12H2,1H3,(H,22,24). The first-order chi connectivity index (χ1) is 13.2. The van der Waals surface area contributed by atoms with Crippen LogP contribution in [0.5, 0.6) is 11.5 Å². The number of ether oxygens (including phenoxy) is 2. The van der Waals surface area contributed by atoms with Gasteiger partial charge in [-0.25, -0.2) is 0 Å². The van der Waals surface area contributed by atoms with Crippen molar-refractivity contribution in [3.8, 4) is 22.8 Å².